The number of aromatic nitrogens is 4. The summed E-state index contributed by atoms with van der Waals surface area (Å²) in [6.45, 7) is 0. The van der Waals surface area contributed by atoms with Gasteiger partial charge in [-0.05, 0) is 133 Å². The first-order valence-corrected chi connectivity index (χ1v) is 27.4. The average Bonchev–Trinajstić information content (AvgIpc) is 4.17. The molecule has 4 aliphatic rings. The lowest BCUT2D eigenvalue weighted by molar-refractivity contribution is 0.714. The van der Waals surface area contributed by atoms with E-state index in [0.29, 0.717) is 0 Å². The highest BCUT2D eigenvalue weighted by molar-refractivity contribution is 7.99. The lowest BCUT2D eigenvalue weighted by Crippen LogP contribution is -2.33. The van der Waals surface area contributed by atoms with Crippen molar-refractivity contribution in [2.75, 3.05) is 0 Å². The quantitative estimate of drug-likeness (QED) is 0.177. The Labute approximate surface area is 448 Å². The van der Waals surface area contributed by atoms with Crippen molar-refractivity contribution in [3.05, 3.63) is 300 Å². The van der Waals surface area contributed by atoms with E-state index in [1.807, 2.05) is 18.0 Å². The molecule has 18 rings (SSSR count). The molecule has 0 bridgehead atoms. The zero-order valence-electron chi connectivity index (χ0n) is 41.4. The molecule has 5 heteroatoms. The number of benzene rings is 10. The number of rotatable bonds is 3. The Morgan fingerprint density at radius 2 is 0.883 bits per heavy atom. The molecule has 3 aliphatic carbocycles. The fraction of sp³-hybridized carbons (Fsp3) is 0.0278. The van der Waals surface area contributed by atoms with E-state index in [-0.39, 0.29) is 0 Å². The Balaban J connectivity index is 0.881. The van der Waals surface area contributed by atoms with E-state index in [0.717, 1.165) is 39.4 Å². The third-order valence-corrected chi connectivity index (χ3v) is 18.8. The second-order valence-corrected chi connectivity index (χ2v) is 22.2. The molecule has 4 nitrogen and oxygen atoms in total. The van der Waals surface area contributed by atoms with Crippen LogP contribution in [-0.2, 0) is 10.8 Å². The summed E-state index contributed by atoms with van der Waals surface area (Å²) in [6, 6.07) is 90.7. The normalized spacial score (nSPS) is 15.6. The van der Waals surface area contributed by atoms with E-state index in [4.69, 9.17) is 9.97 Å². The van der Waals surface area contributed by atoms with Crippen molar-refractivity contribution in [3.63, 3.8) is 0 Å². The maximum absolute atomic E-state index is 5.55. The highest BCUT2D eigenvalue weighted by Gasteiger charge is 2.56. The summed E-state index contributed by atoms with van der Waals surface area (Å²) in [5.74, 6) is 0. The number of para-hydroxylation sites is 4. The minimum Gasteiger partial charge on any atom is -0.309 e. The molecular formula is C72H42N4S. The van der Waals surface area contributed by atoms with Gasteiger partial charge in [-0.25, -0.2) is 0 Å². The van der Waals surface area contributed by atoms with Gasteiger partial charge in [-0.15, -0.1) is 0 Å². The molecule has 1 aliphatic heterocycles. The van der Waals surface area contributed by atoms with E-state index in [2.05, 4.69) is 258 Å². The monoisotopic (exact) mass is 994 g/mol. The molecule has 0 N–H and O–H groups in total. The van der Waals surface area contributed by atoms with Gasteiger partial charge in [-0.1, -0.05) is 188 Å². The summed E-state index contributed by atoms with van der Waals surface area (Å²) in [5, 5.41) is 4.88. The molecular weight excluding hydrogens is 953 g/mol. The molecule has 4 aromatic heterocycles. The van der Waals surface area contributed by atoms with E-state index in [1.165, 1.54) is 115 Å². The Hall–Kier alpha value is -9.55. The zero-order chi connectivity index (χ0) is 50.1. The van der Waals surface area contributed by atoms with Crippen LogP contribution < -0.4 is 0 Å². The summed E-state index contributed by atoms with van der Waals surface area (Å²) in [4.78, 5) is 13.3. The van der Waals surface area contributed by atoms with Gasteiger partial charge in [-0.2, -0.15) is 0 Å². The molecule has 14 aromatic rings. The third-order valence-electron chi connectivity index (χ3n) is 17.7. The summed E-state index contributed by atoms with van der Waals surface area (Å²) in [5.41, 5.74) is 25.3. The van der Waals surface area contributed by atoms with E-state index in [1.54, 1.807) is 0 Å². The van der Waals surface area contributed by atoms with Crippen LogP contribution in [0.15, 0.2) is 265 Å². The van der Waals surface area contributed by atoms with Crippen LogP contribution in [0.3, 0.4) is 0 Å². The van der Waals surface area contributed by atoms with Crippen molar-refractivity contribution in [3.8, 4) is 56.1 Å². The van der Waals surface area contributed by atoms with Crippen molar-refractivity contribution in [2.45, 2.75) is 20.6 Å². The lowest BCUT2D eigenvalue weighted by Gasteiger charge is -2.40. The van der Waals surface area contributed by atoms with Crippen molar-refractivity contribution < 1.29 is 0 Å². The highest BCUT2D eigenvalue weighted by atomic mass is 32.2. The lowest BCUT2D eigenvalue weighted by atomic mass is 9.66. The second kappa shape index (κ2) is 15.1. The van der Waals surface area contributed by atoms with Crippen LogP contribution in [0.25, 0.3) is 99.8 Å². The molecule has 10 aromatic carbocycles. The molecule has 0 saturated carbocycles. The van der Waals surface area contributed by atoms with Crippen molar-refractivity contribution in [2.24, 2.45) is 0 Å². The highest BCUT2D eigenvalue weighted by Crippen LogP contribution is 2.67. The van der Waals surface area contributed by atoms with Crippen molar-refractivity contribution in [1.82, 2.24) is 19.1 Å². The number of pyridine rings is 2. The van der Waals surface area contributed by atoms with Gasteiger partial charge in [0, 0.05) is 54.3 Å². The fourth-order valence-corrected chi connectivity index (χ4v) is 16.0. The predicted molar refractivity (Wildman–Crippen MR) is 314 cm³/mol. The molecule has 77 heavy (non-hydrogen) atoms. The fourth-order valence-electron chi connectivity index (χ4n) is 14.8. The Bertz CT molecular complexity index is 4880. The largest absolute Gasteiger partial charge is 0.309 e. The van der Waals surface area contributed by atoms with Gasteiger partial charge >= 0.3 is 0 Å². The van der Waals surface area contributed by atoms with Crippen LogP contribution >= 0.6 is 11.8 Å². The van der Waals surface area contributed by atoms with Crippen LogP contribution in [0.2, 0.25) is 0 Å². The average molecular weight is 995 g/mol. The second-order valence-electron chi connectivity index (χ2n) is 21.1. The smallest absolute Gasteiger partial charge is 0.0939 e. The Morgan fingerprint density at radius 1 is 0.312 bits per heavy atom. The van der Waals surface area contributed by atoms with Gasteiger partial charge in [0.2, 0.25) is 0 Å². The van der Waals surface area contributed by atoms with Gasteiger partial charge in [0.15, 0.2) is 0 Å². The molecule has 0 saturated heterocycles. The zero-order valence-corrected chi connectivity index (χ0v) is 42.3. The van der Waals surface area contributed by atoms with Gasteiger partial charge < -0.3 is 9.13 Å². The van der Waals surface area contributed by atoms with Crippen LogP contribution in [0.1, 0.15) is 44.5 Å². The van der Waals surface area contributed by atoms with Gasteiger partial charge in [0.1, 0.15) is 0 Å². The molecule has 2 spiro atoms. The van der Waals surface area contributed by atoms with Crippen molar-refractivity contribution in [1.29, 1.82) is 0 Å². The summed E-state index contributed by atoms with van der Waals surface area (Å²) in [6.07, 6.45) is 4.01. The number of hydrogen-bond donors (Lipinski definition) is 0. The van der Waals surface area contributed by atoms with Crippen molar-refractivity contribution >= 4 is 55.4 Å². The maximum Gasteiger partial charge on any atom is 0.0939 e. The number of fused-ring (bicyclic) bond motifs is 25. The van der Waals surface area contributed by atoms with E-state index in [9.17, 15) is 0 Å². The SMILES string of the molecule is c1ccc(-n2c3ccccc3c3cccc(-c4ccc5c(c4)c4ccccc4n5-c4cnc5c(c4)C4(c6ccccc6Sc6cc7c(cc64)-c4ccccc4C74c6ccccc6-c6ccccc64)c4cccnc4-5)c32)cc1. The molecule has 0 amide bonds. The minimum absolute atomic E-state index is 0.455. The molecule has 356 valence electrons. The first-order chi connectivity index (χ1) is 38.2. The predicted octanol–water partition coefficient (Wildman–Crippen LogP) is 17.5. The van der Waals surface area contributed by atoms with Crippen LogP contribution in [0.5, 0.6) is 0 Å². The van der Waals surface area contributed by atoms with Gasteiger partial charge in [0.25, 0.3) is 0 Å². The molecule has 1 unspecified atom stereocenters. The van der Waals surface area contributed by atoms with Crippen LogP contribution in [0.4, 0.5) is 0 Å². The molecule has 0 fully saturated rings. The third kappa shape index (κ3) is 5.15. The summed E-state index contributed by atoms with van der Waals surface area (Å²) >= 11 is 1.90. The Morgan fingerprint density at radius 3 is 1.65 bits per heavy atom. The van der Waals surface area contributed by atoms with Crippen LogP contribution in [-0.4, -0.2) is 19.1 Å². The molecule has 0 radical (unpaired) electrons. The van der Waals surface area contributed by atoms with Gasteiger partial charge in [-0.3, -0.25) is 9.97 Å². The maximum atomic E-state index is 5.55. The van der Waals surface area contributed by atoms with E-state index < -0.39 is 10.8 Å². The number of hydrogen-bond acceptors (Lipinski definition) is 3. The minimum atomic E-state index is -0.716. The first-order valence-electron chi connectivity index (χ1n) is 26.5. The molecule has 1 atom stereocenters. The standard InChI is InChI=1S/C72H42N4S/c1-2-18-44(19-3-1)76-64-33-14-7-23-50(64)52-26-16-25-46(70(52)76)43-35-36-65-54(38-43)51-24-8-13-32-63(51)75(65)45-39-62-69(74-42-45)68-59(31-17-37-73-68)72(62)58-30-12-15-34-66(58)77-67-41-60-53(40-61(67)72)49-22-6-11-29-57(49)71(60)55-27-9-4-20-47(55)48-21-5-10-28-56(48)71/h1-42H. The summed E-state index contributed by atoms with van der Waals surface area (Å²) in [7, 11) is 0. The molecule has 5 heterocycles. The summed E-state index contributed by atoms with van der Waals surface area (Å²) < 4.78 is 4.87. The van der Waals surface area contributed by atoms with Gasteiger partial charge in [0.05, 0.1) is 56.2 Å². The first kappa shape index (κ1) is 41.8. The van der Waals surface area contributed by atoms with E-state index >= 15 is 0 Å². The topological polar surface area (TPSA) is 35.6 Å². The number of nitrogens with zero attached hydrogens (tertiary/aromatic N) is 4. The van der Waals surface area contributed by atoms with Crippen LogP contribution in [0, 0.1) is 0 Å². The Kier molecular flexibility index (Phi) is 8.17.